The zero-order chi connectivity index (χ0) is 14.8. The van der Waals surface area contributed by atoms with Crippen LogP contribution >= 0.6 is 0 Å². The Hall–Kier alpha value is -2.89. The van der Waals surface area contributed by atoms with Gasteiger partial charge in [-0.05, 0) is 32.0 Å². The molecule has 0 bridgehead atoms. The maximum Gasteiger partial charge on any atom is 0.250 e. The third-order valence-corrected chi connectivity index (χ3v) is 2.98. The molecule has 3 aromatic heterocycles. The van der Waals surface area contributed by atoms with Crippen molar-refractivity contribution in [2.75, 3.05) is 0 Å². The van der Waals surface area contributed by atoms with Crippen molar-refractivity contribution in [3.8, 4) is 17.2 Å². The molecule has 0 fully saturated rings. The van der Waals surface area contributed by atoms with Crippen molar-refractivity contribution in [1.82, 2.24) is 24.7 Å². The van der Waals surface area contributed by atoms with E-state index >= 15 is 0 Å². The number of hydrogen-bond donors (Lipinski definition) is 0. The van der Waals surface area contributed by atoms with Crippen molar-refractivity contribution in [2.24, 2.45) is 0 Å². The first-order valence-electron chi connectivity index (χ1n) is 6.45. The van der Waals surface area contributed by atoms with Crippen molar-refractivity contribution in [1.29, 1.82) is 0 Å². The maximum absolute atomic E-state index is 11.3. The van der Waals surface area contributed by atoms with E-state index in [0.29, 0.717) is 17.2 Å². The zero-order valence-electron chi connectivity index (χ0n) is 11.7. The highest BCUT2D eigenvalue weighted by Crippen LogP contribution is 2.20. The topological polar surface area (TPSA) is 73.6 Å². The maximum atomic E-state index is 11.3. The minimum Gasteiger partial charge on any atom is -0.298 e. The molecular weight excluding hydrogens is 266 g/mol. The van der Waals surface area contributed by atoms with Gasteiger partial charge in [0.05, 0.1) is 5.56 Å². The lowest BCUT2D eigenvalue weighted by Crippen LogP contribution is -2.04. The minimum atomic E-state index is 0.450. The number of aldehydes is 1. The summed E-state index contributed by atoms with van der Waals surface area (Å²) in [6.45, 7) is 3.79. The minimum absolute atomic E-state index is 0.450. The average Bonchev–Trinajstić information content (AvgIpc) is 2.91. The van der Waals surface area contributed by atoms with Crippen molar-refractivity contribution in [2.45, 2.75) is 13.8 Å². The Morgan fingerprint density at radius 3 is 2.57 bits per heavy atom. The summed E-state index contributed by atoms with van der Waals surface area (Å²) in [6, 6.07) is 5.54. The van der Waals surface area contributed by atoms with Gasteiger partial charge in [0.2, 0.25) is 0 Å². The standard InChI is InChI=1S/C15H13N5O/c1-10-6-11(2)18-15(17-10)20-8-13(9-21)14(19-20)12-4-3-5-16-7-12/h3-9H,1-2H3. The molecule has 0 aliphatic heterocycles. The molecule has 0 saturated carbocycles. The van der Waals surface area contributed by atoms with Crippen molar-refractivity contribution < 1.29 is 4.79 Å². The number of hydrogen-bond acceptors (Lipinski definition) is 5. The van der Waals surface area contributed by atoms with Crippen LogP contribution in [0.4, 0.5) is 0 Å². The molecule has 104 valence electrons. The number of rotatable bonds is 3. The van der Waals surface area contributed by atoms with Crippen LogP contribution < -0.4 is 0 Å². The average molecular weight is 279 g/mol. The monoisotopic (exact) mass is 279 g/mol. The number of nitrogens with zero attached hydrogens (tertiary/aromatic N) is 5. The Kier molecular flexibility index (Phi) is 3.27. The Labute approximate surface area is 121 Å². The summed E-state index contributed by atoms with van der Waals surface area (Å²) in [5.74, 6) is 0.450. The lowest BCUT2D eigenvalue weighted by molar-refractivity contribution is 0.112. The molecule has 0 radical (unpaired) electrons. The van der Waals surface area contributed by atoms with Gasteiger partial charge in [-0.1, -0.05) is 0 Å². The molecule has 0 saturated heterocycles. The number of aryl methyl sites for hydroxylation is 2. The summed E-state index contributed by atoms with van der Waals surface area (Å²) in [6.07, 6.45) is 5.74. The van der Waals surface area contributed by atoms with Crippen LogP contribution in [0.3, 0.4) is 0 Å². The SMILES string of the molecule is Cc1cc(C)nc(-n2cc(C=O)c(-c3cccnc3)n2)n1. The molecule has 0 spiro atoms. The molecule has 3 heterocycles. The molecule has 3 aromatic rings. The van der Waals surface area contributed by atoms with Crippen molar-refractivity contribution in [3.63, 3.8) is 0 Å². The molecule has 0 aliphatic rings. The second kappa shape index (κ2) is 5.24. The van der Waals surface area contributed by atoms with Gasteiger partial charge in [-0.15, -0.1) is 0 Å². The summed E-state index contributed by atoms with van der Waals surface area (Å²) >= 11 is 0. The second-order valence-corrected chi connectivity index (χ2v) is 4.69. The van der Waals surface area contributed by atoms with Crippen molar-refractivity contribution in [3.05, 3.63) is 53.7 Å². The Morgan fingerprint density at radius 2 is 1.95 bits per heavy atom. The first kappa shape index (κ1) is 13.1. The van der Waals surface area contributed by atoms with Gasteiger partial charge >= 0.3 is 0 Å². The largest absolute Gasteiger partial charge is 0.298 e. The summed E-state index contributed by atoms with van der Waals surface area (Å²) in [5.41, 5.74) is 3.53. The molecular formula is C15H13N5O. The molecule has 0 amide bonds. The van der Waals surface area contributed by atoms with Gasteiger partial charge in [-0.3, -0.25) is 9.78 Å². The molecule has 3 rings (SSSR count). The highest BCUT2D eigenvalue weighted by atomic mass is 16.1. The number of pyridine rings is 1. The van der Waals surface area contributed by atoms with Crippen LogP contribution in [0.2, 0.25) is 0 Å². The normalized spacial score (nSPS) is 10.6. The molecule has 6 heteroatoms. The van der Waals surface area contributed by atoms with E-state index < -0.39 is 0 Å². The molecule has 21 heavy (non-hydrogen) atoms. The predicted molar refractivity (Wildman–Crippen MR) is 77.2 cm³/mol. The van der Waals surface area contributed by atoms with Crippen molar-refractivity contribution >= 4 is 6.29 Å². The molecule has 0 atom stereocenters. The highest BCUT2D eigenvalue weighted by molar-refractivity contribution is 5.85. The second-order valence-electron chi connectivity index (χ2n) is 4.69. The van der Waals surface area contributed by atoms with E-state index in [1.165, 1.54) is 4.68 Å². The van der Waals surface area contributed by atoms with Crippen LogP contribution in [-0.2, 0) is 0 Å². The van der Waals surface area contributed by atoms with Crippen LogP contribution in [0.15, 0.2) is 36.8 Å². The first-order chi connectivity index (χ1) is 10.2. The Balaban J connectivity index is 2.13. The molecule has 0 N–H and O–H groups in total. The van der Waals surface area contributed by atoms with E-state index in [2.05, 4.69) is 20.1 Å². The third kappa shape index (κ3) is 2.55. The lowest BCUT2D eigenvalue weighted by Gasteiger charge is -2.02. The fraction of sp³-hybridized carbons (Fsp3) is 0.133. The summed E-state index contributed by atoms with van der Waals surface area (Å²) in [5, 5.41) is 4.42. The van der Waals surface area contributed by atoms with Crippen LogP contribution in [0.1, 0.15) is 21.7 Å². The molecule has 0 aromatic carbocycles. The number of aromatic nitrogens is 5. The van der Waals surface area contributed by atoms with E-state index in [1.54, 1.807) is 24.7 Å². The quantitative estimate of drug-likeness (QED) is 0.687. The van der Waals surface area contributed by atoms with Crippen LogP contribution in [0.5, 0.6) is 0 Å². The van der Waals surface area contributed by atoms with E-state index in [1.807, 2.05) is 26.0 Å². The first-order valence-corrected chi connectivity index (χ1v) is 6.45. The Morgan fingerprint density at radius 1 is 1.19 bits per heavy atom. The van der Waals surface area contributed by atoms with Crippen LogP contribution in [-0.4, -0.2) is 31.0 Å². The fourth-order valence-corrected chi connectivity index (χ4v) is 2.11. The van der Waals surface area contributed by atoms with Crippen LogP contribution in [0.25, 0.3) is 17.2 Å². The molecule has 6 nitrogen and oxygen atoms in total. The highest BCUT2D eigenvalue weighted by Gasteiger charge is 2.13. The van der Waals surface area contributed by atoms with Crippen LogP contribution in [0, 0.1) is 13.8 Å². The summed E-state index contributed by atoms with van der Waals surface area (Å²) in [7, 11) is 0. The van der Waals surface area contributed by atoms with E-state index in [0.717, 1.165) is 23.2 Å². The van der Waals surface area contributed by atoms with E-state index in [-0.39, 0.29) is 0 Å². The van der Waals surface area contributed by atoms with Gasteiger partial charge in [0.1, 0.15) is 5.69 Å². The Bertz CT molecular complexity index is 775. The zero-order valence-corrected chi connectivity index (χ0v) is 11.7. The third-order valence-electron chi connectivity index (χ3n) is 2.98. The summed E-state index contributed by atoms with van der Waals surface area (Å²) in [4.78, 5) is 24.0. The van der Waals surface area contributed by atoms with E-state index in [4.69, 9.17) is 0 Å². The number of carbonyl (C=O) groups excluding carboxylic acids is 1. The molecule has 0 aliphatic carbocycles. The van der Waals surface area contributed by atoms with Gasteiger partial charge < -0.3 is 0 Å². The lowest BCUT2D eigenvalue weighted by atomic mass is 10.1. The predicted octanol–water partition coefficient (Wildman–Crippen LogP) is 2.15. The van der Waals surface area contributed by atoms with Gasteiger partial charge in [-0.2, -0.15) is 5.10 Å². The van der Waals surface area contributed by atoms with Gasteiger partial charge in [0.15, 0.2) is 6.29 Å². The van der Waals surface area contributed by atoms with Gasteiger partial charge in [0.25, 0.3) is 5.95 Å². The number of carbonyl (C=O) groups is 1. The van der Waals surface area contributed by atoms with E-state index in [9.17, 15) is 4.79 Å². The smallest absolute Gasteiger partial charge is 0.250 e. The van der Waals surface area contributed by atoms with Gasteiger partial charge in [-0.25, -0.2) is 14.6 Å². The van der Waals surface area contributed by atoms with Gasteiger partial charge in [0, 0.05) is 35.5 Å². The summed E-state index contributed by atoms with van der Waals surface area (Å²) < 4.78 is 1.52. The molecule has 0 unspecified atom stereocenters. The fourth-order valence-electron chi connectivity index (χ4n) is 2.11.